The minimum absolute atomic E-state index is 0.0923. The molecule has 0 aliphatic carbocycles. The highest BCUT2D eigenvalue weighted by atomic mass is 35.5. The van der Waals surface area contributed by atoms with Crippen molar-refractivity contribution in [2.24, 2.45) is 5.10 Å². The molecule has 0 saturated heterocycles. The molecule has 1 amide bonds. The zero-order chi connectivity index (χ0) is 22.9. The number of nitrogens with one attached hydrogen (secondary N) is 1. The minimum Gasteiger partial charge on any atom is -0.490 e. The van der Waals surface area contributed by atoms with Gasteiger partial charge in [-0.15, -0.1) is 0 Å². The lowest BCUT2D eigenvalue weighted by atomic mass is 10.2. The molecule has 0 radical (unpaired) electrons. The minimum atomic E-state index is -0.530. The molecule has 0 heterocycles. The van der Waals surface area contributed by atoms with Crippen molar-refractivity contribution in [2.75, 3.05) is 6.61 Å². The molecule has 0 aromatic heterocycles. The van der Waals surface area contributed by atoms with Gasteiger partial charge in [-0.2, -0.15) is 5.10 Å². The van der Waals surface area contributed by atoms with Crippen molar-refractivity contribution in [2.45, 2.75) is 13.5 Å². The number of carbonyl (C=O) groups is 1. The second kappa shape index (κ2) is 10.9. The number of hydrogen-bond donors (Lipinski definition) is 1. The van der Waals surface area contributed by atoms with Crippen molar-refractivity contribution in [1.82, 2.24) is 5.43 Å². The third-order valence-electron chi connectivity index (χ3n) is 4.33. The molecule has 3 aromatic carbocycles. The zero-order valence-electron chi connectivity index (χ0n) is 17.2. The monoisotopic (exact) mass is 453 g/mol. The van der Waals surface area contributed by atoms with Crippen molar-refractivity contribution < 1.29 is 19.2 Å². The van der Waals surface area contributed by atoms with Gasteiger partial charge in [-0.05, 0) is 48.9 Å². The molecule has 0 spiro atoms. The van der Waals surface area contributed by atoms with Gasteiger partial charge in [-0.25, -0.2) is 5.43 Å². The number of ether oxygens (including phenoxy) is 2. The van der Waals surface area contributed by atoms with Gasteiger partial charge >= 0.3 is 0 Å². The van der Waals surface area contributed by atoms with Crippen LogP contribution in [0.5, 0.6) is 11.5 Å². The normalized spacial score (nSPS) is 10.7. The van der Waals surface area contributed by atoms with E-state index < -0.39 is 10.8 Å². The van der Waals surface area contributed by atoms with Crippen LogP contribution in [0.3, 0.4) is 0 Å². The van der Waals surface area contributed by atoms with Crippen LogP contribution < -0.4 is 14.9 Å². The molecule has 0 aliphatic heterocycles. The molecular weight excluding hydrogens is 434 g/mol. The Labute approximate surface area is 189 Å². The van der Waals surface area contributed by atoms with Gasteiger partial charge in [-0.1, -0.05) is 29.8 Å². The molecule has 9 heteroatoms. The fraction of sp³-hybridized carbons (Fsp3) is 0.130. The highest BCUT2D eigenvalue weighted by Crippen LogP contribution is 2.29. The smallest absolute Gasteiger partial charge is 0.271 e. The SMILES string of the molecule is CCOc1cc(/C=N\NC(=O)c2ccc([N+](=O)[O-])cc2)ccc1OCc1ccccc1Cl. The molecule has 8 nitrogen and oxygen atoms in total. The molecular formula is C23H20ClN3O5. The highest BCUT2D eigenvalue weighted by molar-refractivity contribution is 6.31. The average Bonchev–Trinajstić information content (AvgIpc) is 2.79. The Kier molecular flexibility index (Phi) is 7.77. The summed E-state index contributed by atoms with van der Waals surface area (Å²) in [5.74, 6) is 0.602. The van der Waals surface area contributed by atoms with Crippen LogP contribution in [0.4, 0.5) is 5.69 Å². The van der Waals surface area contributed by atoms with Gasteiger partial charge in [-0.3, -0.25) is 14.9 Å². The number of carbonyl (C=O) groups excluding carboxylic acids is 1. The summed E-state index contributed by atoms with van der Waals surface area (Å²) in [7, 11) is 0. The second-order valence-electron chi connectivity index (χ2n) is 6.52. The van der Waals surface area contributed by atoms with Gasteiger partial charge < -0.3 is 9.47 Å². The summed E-state index contributed by atoms with van der Waals surface area (Å²) in [5.41, 5.74) is 4.09. The van der Waals surface area contributed by atoms with Crippen molar-refractivity contribution in [3.05, 3.63) is 98.6 Å². The molecule has 3 aromatic rings. The van der Waals surface area contributed by atoms with Crippen molar-refractivity contribution >= 4 is 29.4 Å². The van der Waals surface area contributed by atoms with Crippen LogP contribution >= 0.6 is 11.6 Å². The van der Waals surface area contributed by atoms with E-state index in [4.69, 9.17) is 21.1 Å². The molecule has 0 bridgehead atoms. The number of halogens is 1. The second-order valence-corrected chi connectivity index (χ2v) is 6.93. The Balaban J connectivity index is 1.65. The summed E-state index contributed by atoms with van der Waals surface area (Å²) in [6, 6.07) is 17.9. The van der Waals surface area contributed by atoms with E-state index in [1.807, 2.05) is 25.1 Å². The van der Waals surface area contributed by atoms with E-state index in [0.29, 0.717) is 35.3 Å². The Morgan fingerprint density at radius 1 is 1.09 bits per heavy atom. The molecule has 0 atom stereocenters. The largest absolute Gasteiger partial charge is 0.490 e. The average molecular weight is 454 g/mol. The van der Waals surface area contributed by atoms with E-state index in [2.05, 4.69) is 10.5 Å². The summed E-state index contributed by atoms with van der Waals surface area (Å²) in [4.78, 5) is 22.3. The quantitative estimate of drug-likeness (QED) is 0.279. The van der Waals surface area contributed by atoms with Crippen LogP contribution in [0.1, 0.15) is 28.4 Å². The van der Waals surface area contributed by atoms with Crippen molar-refractivity contribution in [1.29, 1.82) is 0 Å². The molecule has 0 aliphatic rings. The molecule has 164 valence electrons. The predicted molar refractivity (Wildman–Crippen MR) is 122 cm³/mol. The summed E-state index contributed by atoms with van der Waals surface area (Å²) in [6.07, 6.45) is 1.46. The van der Waals surface area contributed by atoms with Gasteiger partial charge in [0.15, 0.2) is 11.5 Å². The maximum absolute atomic E-state index is 12.1. The van der Waals surface area contributed by atoms with Gasteiger partial charge in [0.25, 0.3) is 11.6 Å². The lowest BCUT2D eigenvalue weighted by molar-refractivity contribution is -0.384. The molecule has 0 saturated carbocycles. The van der Waals surface area contributed by atoms with E-state index in [-0.39, 0.29) is 11.3 Å². The van der Waals surface area contributed by atoms with Crippen LogP contribution in [0, 0.1) is 10.1 Å². The first-order valence-electron chi connectivity index (χ1n) is 9.69. The summed E-state index contributed by atoms with van der Waals surface area (Å²) in [6.45, 7) is 2.60. The molecule has 0 fully saturated rings. The summed E-state index contributed by atoms with van der Waals surface area (Å²) < 4.78 is 11.5. The zero-order valence-corrected chi connectivity index (χ0v) is 17.9. The van der Waals surface area contributed by atoms with Crippen LogP contribution in [0.25, 0.3) is 0 Å². The van der Waals surface area contributed by atoms with E-state index in [1.165, 1.54) is 30.5 Å². The standard InChI is InChI=1S/C23H20ClN3O5/c1-2-31-22-13-16(7-12-21(22)32-15-18-5-3-4-6-20(18)24)14-25-26-23(28)17-8-10-19(11-9-17)27(29)30/h3-14H,2,15H2,1H3,(H,26,28)/b25-14-. The topological polar surface area (TPSA) is 103 Å². The van der Waals surface area contributed by atoms with Gasteiger partial charge in [0.1, 0.15) is 6.61 Å². The molecule has 0 unspecified atom stereocenters. The number of non-ortho nitro benzene ring substituents is 1. The maximum Gasteiger partial charge on any atom is 0.271 e. The first-order chi connectivity index (χ1) is 15.5. The number of rotatable bonds is 9. The number of benzene rings is 3. The fourth-order valence-corrected chi connectivity index (χ4v) is 2.92. The number of nitrogens with zero attached hydrogens (tertiary/aromatic N) is 2. The Morgan fingerprint density at radius 3 is 2.53 bits per heavy atom. The third-order valence-corrected chi connectivity index (χ3v) is 4.70. The Morgan fingerprint density at radius 2 is 1.84 bits per heavy atom. The predicted octanol–water partition coefficient (Wildman–Crippen LogP) is 4.99. The van der Waals surface area contributed by atoms with Crippen molar-refractivity contribution in [3.8, 4) is 11.5 Å². The third kappa shape index (κ3) is 6.05. The first-order valence-corrected chi connectivity index (χ1v) is 10.1. The highest BCUT2D eigenvalue weighted by Gasteiger charge is 2.10. The molecule has 3 rings (SSSR count). The summed E-state index contributed by atoms with van der Waals surface area (Å²) in [5, 5.41) is 15.3. The molecule has 32 heavy (non-hydrogen) atoms. The lowest BCUT2D eigenvalue weighted by Crippen LogP contribution is -2.17. The van der Waals surface area contributed by atoms with E-state index in [9.17, 15) is 14.9 Å². The van der Waals surface area contributed by atoms with Crippen molar-refractivity contribution in [3.63, 3.8) is 0 Å². The van der Waals surface area contributed by atoms with Gasteiger partial charge in [0.2, 0.25) is 0 Å². The van der Waals surface area contributed by atoms with E-state index >= 15 is 0 Å². The van der Waals surface area contributed by atoms with Crippen LogP contribution in [0.15, 0.2) is 71.8 Å². The van der Waals surface area contributed by atoms with E-state index in [0.717, 1.165) is 5.56 Å². The lowest BCUT2D eigenvalue weighted by Gasteiger charge is -2.13. The number of nitro groups is 1. The van der Waals surface area contributed by atoms with Gasteiger partial charge in [0, 0.05) is 28.3 Å². The first kappa shape index (κ1) is 22.8. The van der Waals surface area contributed by atoms with Gasteiger partial charge in [0.05, 0.1) is 17.7 Å². The van der Waals surface area contributed by atoms with Crippen LogP contribution in [-0.4, -0.2) is 23.7 Å². The van der Waals surface area contributed by atoms with Crippen LogP contribution in [-0.2, 0) is 6.61 Å². The van der Waals surface area contributed by atoms with E-state index in [1.54, 1.807) is 24.3 Å². The maximum atomic E-state index is 12.1. The number of hydrazone groups is 1. The Bertz CT molecular complexity index is 1130. The number of nitro benzene ring substituents is 1. The number of hydrogen-bond acceptors (Lipinski definition) is 6. The number of amides is 1. The van der Waals surface area contributed by atoms with Crippen LogP contribution in [0.2, 0.25) is 5.02 Å². The Hall–Kier alpha value is -3.91. The molecule has 1 N–H and O–H groups in total. The summed E-state index contributed by atoms with van der Waals surface area (Å²) >= 11 is 6.17. The fourth-order valence-electron chi connectivity index (χ4n) is 2.73.